The number of nitrogens with one attached hydrogen (secondary N) is 1. The minimum Gasteiger partial charge on any atom is -0.368 e. The van der Waals surface area contributed by atoms with Crippen LogP contribution >= 0.6 is 0 Å². The number of rotatable bonds is 3. The molecule has 4 nitrogen and oxygen atoms in total. The Labute approximate surface area is 126 Å². The molecule has 2 atom stereocenters. The number of carbonyl (C=O) groups is 1. The molecule has 1 N–H and O–H groups in total. The number of ether oxygens (including phenoxy) is 1. The molecular weight excluding hydrogens is 264 g/mol. The minimum atomic E-state index is -0.248. The lowest BCUT2D eigenvalue weighted by Crippen LogP contribution is -2.46. The Kier molecular flexibility index (Phi) is 4.56. The Bertz CT molecular complexity index is 497. The molecule has 0 saturated carbocycles. The highest BCUT2D eigenvalue weighted by molar-refractivity contribution is 5.97. The Hall–Kier alpha value is -1.39. The van der Waals surface area contributed by atoms with E-state index in [2.05, 4.69) is 24.4 Å². The first-order valence-corrected chi connectivity index (χ1v) is 8.06. The van der Waals surface area contributed by atoms with Gasteiger partial charge in [0.25, 0.3) is 5.91 Å². The van der Waals surface area contributed by atoms with Crippen LogP contribution in [-0.2, 0) is 9.53 Å². The number of carbonyl (C=O) groups excluding carboxylic acids is 1. The second kappa shape index (κ2) is 6.58. The fourth-order valence-corrected chi connectivity index (χ4v) is 3.36. The normalized spacial score (nSPS) is 25.5. The first kappa shape index (κ1) is 14.5. The Morgan fingerprint density at radius 2 is 2.19 bits per heavy atom. The highest BCUT2D eigenvalue weighted by Gasteiger charge is 2.32. The number of hydrogen-bond donors (Lipinski definition) is 1. The van der Waals surface area contributed by atoms with E-state index in [0.717, 1.165) is 44.5 Å². The van der Waals surface area contributed by atoms with Crippen LogP contribution in [-0.4, -0.2) is 31.7 Å². The van der Waals surface area contributed by atoms with Crippen molar-refractivity contribution < 1.29 is 9.53 Å². The van der Waals surface area contributed by atoms with Crippen molar-refractivity contribution in [2.75, 3.05) is 24.6 Å². The van der Waals surface area contributed by atoms with Crippen LogP contribution in [0, 0.1) is 0 Å². The topological polar surface area (TPSA) is 41.6 Å². The van der Waals surface area contributed by atoms with Crippen molar-refractivity contribution in [2.24, 2.45) is 0 Å². The predicted octanol–water partition coefficient (Wildman–Crippen LogP) is 2.64. The molecule has 1 aromatic carbocycles. The van der Waals surface area contributed by atoms with E-state index in [-0.39, 0.29) is 12.0 Å². The zero-order chi connectivity index (χ0) is 14.7. The number of benzene rings is 1. The van der Waals surface area contributed by atoms with Gasteiger partial charge in [0.1, 0.15) is 6.10 Å². The van der Waals surface area contributed by atoms with Crippen LogP contribution in [0.1, 0.15) is 44.2 Å². The van der Waals surface area contributed by atoms with Gasteiger partial charge < -0.3 is 15.0 Å². The molecule has 2 aliphatic rings. The van der Waals surface area contributed by atoms with Gasteiger partial charge in [-0.05, 0) is 43.9 Å². The van der Waals surface area contributed by atoms with Crippen LogP contribution in [0.25, 0.3) is 0 Å². The van der Waals surface area contributed by atoms with Crippen molar-refractivity contribution in [3.63, 3.8) is 0 Å². The SMILES string of the molecule is CCNC1CCN(C(=O)C2CCCCO2)c2ccccc21. The molecular formula is C17H24N2O2. The molecule has 0 aromatic heterocycles. The van der Waals surface area contributed by atoms with E-state index in [4.69, 9.17) is 4.74 Å². The van der Waals surface area contributed by atoms with Crippen LogP contribution < -0.4 is 10.2 Å². The molecule has 2 aliphatic heterocycles. The molecule has 3 rings (SSSR count). The molecule has 1 amide bonds. The summed E-state index contributed by atoms with van der Waals surface area (Å²) in [6.07, 6.45) is 3.73. The molecule has 4 heteroatoms. The largest absolute Gasteiger partial charge is 0.368 e. The molecule has 2 heterocycles. The summed E-state index contributed by atoms with van der Waals surface area (Å²) in [7, 11) is 0. The van der Waals surface area contributed by atoms with Crippen LogP contribution in [0.3, 0.4) is 0 Å². The highest BCUT2D eigenvalue weighted by Crippen LogP contribution is 2.34. The average molecular weight is 288 g/mol. The van der Waals surface area contributed by atoms with Crippen LogP contribution in [0.15, 0.2) is 24.3 Å². The zero-order valence-corrected chi connectivity index (χ0v) is 12.7. The summed E-state index contributed by atoms with van der Waals surface area (Å²) in [5.41, 5.74) is 2.28. The molecule has 2 unspecified atom stereocenters. The number of anilines is 1. The average Bonchev–Trinajstić information content (AvgIpc) is 2.56. The smallest absolute Gasteiger partial charge is 0.256 e. The third kappa shape index (κ3) is 2.97. The fourth-order valence-electron chi connectivity index (χ4n) is 3.36. The third-order valence-electron chi connectivity index (χ3n) is 4.42. The van der Waals surface area contributed by atoms with Gasteiger partial charge in [-0.2, -0.15) is 0 Å². The lowest BCUT2D eigenvalue weighted by molar-refractivity contribution is -0.132. The van der Waals surface area contributed by atoms with Crippen LogP contribution in [0.5, 0.6) is 0 Å². The Balaban J connectivity index is 1.83. The van der Waals surface area contributed by atoms with Crippen molar-refractivity contribution >= 4 is 11.6 Å². The molecule has 1 saturated heterocycles. The lowest BCUT2D eigenvalue weighted by Gasteiger charge is -2.37. The first-order valence-electron chi connectivity index (χ1n) is 8.06. The maximum absolute atomic E-state index is 12.8. The summed E-state index contributed by atoms with van der Waals surface area (Å²) in [6, 6.07) is 8.59. The number of fused-ring (bicyclic) bond motifs is 1. The van der Waals surface area contributed by atoms with Crippen molar-refractivity contribution in [3.8, 4) is 0 Å². The van der Waals surface area contributed by atoms with Gasteiger partial charge in [-0.25, -0.2) is 0 Å². The van der Waals surface area contributed by atoms with E-state index < -0.39 is 0 Å². The van der Waals surface area contributed by atoms with E-state index in [9.17, 15) is 4.79 Å². The first-order chi connectivity index (χ1) is 10.3. The minimum absolute atomic E-state index is 0.136. The van der Waals surface area contributed by atoms with Gasteiger partial charge >= 0.3 is 0 Å². The van der Waals surface area contributed by atoms with Gasteiger partial charge in [-0.15, -0.1) is 0 Å². The second-order valence-corrected chi connectivity index (χ2v) is 5.80. The van der Waals surface area contributed by atoms with E-state index in [0.29, 0.717) is 12.6 Å². The number of amides is 1. The van der Waals surface area contributed by atoms with Gasteiger partial charge in [0.05, 0.1) is 0 Å². The molecule has 0 radical (unpaired) electrons. The van der Waals surface area contributed by atoms with Crippen molar-refractivity contribution in [1.29, 1.82) is 0 Å². The lowest BCUT2D eigenvalue weighted by atomic mass is 9.95. The van der Waals surface area contributed by atoms with Gasteiger partial charge in [0, 0.05) is 24.9 Å². The summed E-state index contributed by atoms with van der Waals surface area (Å²) < 4.78 is 5.68. The molecule has 1 aromatic rings. The summed E-state index contributed by atoms with van der Waals surface area (Å²) >= 11 is 0. The Morgan fingerprint density at radius 3 is 2.95 bits per heavy atom. The zero-order valence-electron chi connectivity index (χ0n) is 12.7. The molecule has 1 fully saturated rings. The molecule has 21 heavy (non-hydrogen) atoms. The highest BCUT2D eigenvalue weighted by atomic mass is 16.5. The summed E-state index contributed by atoms with van der Waals surface area (Å²) in [5.74, 6) is 0.136. The van der Waals surface area contributed by atoms with Crippen molar-refractivity contribution in [2.45, 2.75) is 44.8 Å². The van der Waals surface area contributed by atoms with E-state index in [1.807, 2.05) is 17.0 Å². The number of nitrogens with zero attached hydrogens (tertiary/aromatic N) is 1. The molecule has 0 aliphatic carbocycles. The van der Waals surface area contributed by atoms with Gasteiger partial charge in [-0.3, -0.25) is 4.79 Å². The standard InChI is InChI=1S/C17H24N2O2/c1-2-18-14-10-11-19(15-8-4-3-7-13(14)15)17(20)16-9-5-6-12-21-16/h3-4,7-8,14,16,18H,2,5-6,9-12H2,1H3. The predicted molar refractivity (Wildman–Crippen MR) is 83.4 cm³/mol. The van der Waals surface area contributed by atoms with Crippen molar-refractivity contribution in [3.05, 3.63) is 29.8 Å². The van der Waals surface area contributed by atoms with Crippen LogP contribution in [0.2, 0.25) is 0 Å². The Morgan fingerprint density at radius 1 is 1.33 bits per heavy atom. The molecule has 114 valence electrons. The van der Waals surface area contributed by atoms with E-state index in [1.54, 1.807) is 0 Å². The maximum Gasteiger partial charge on any atom is 0.256 e. The summed E-state index contributed by atoms with van der Waals surface area (Å²) in [5, 5.41) is 3.51. The molecule has 0 spiro atoms. The van der Waals surface area contributed by atoms with Gasteiger partial charge in [0.15, 0.2) is 0 Å². The fraction of sp³-hybridized carbons (Fsp3) is 0.588. The van der Waals surface area contributed by atoms with Crippen LogP contribution in [0.4, 0.5) is 5.69 Å². The summed E-state index contributed by atoms with van der Waals surface area (Å²) in [4.78, 5) is 14.7. The molecule has 0 bridgehead atoms. The van der Waals surface area contributed by atoms with Crippen molar-refractivity contribution in [1.82, 2.24) is 5.32 Å². The van der Waals surface area contributed by atoms with E-state index in [1.165, 1.54) is 5.56 Å². The quantitative estimate of drug-likeness (QED) is 0.929. The van der Waals surface area contributed by atoms with E-state index >= 15 is 0 Å². The maximum atomic E-state index is 12.8. The monoisotopic (exact) mass is 288 g/mol. The second-order valence-electron chi connectivity index (χ2n) is 5.80. The number of hydrogen-bond acceptors (Lipinski definition) is 3. The third-order valence-corrected chi connectivity index (χ3v) is 4.42. The van der Waals surface area contributed by atoms with Gasteiger partial charge in [0.2, 0.25) is 0 Å². The summed E-state index contributed by atoms with van der Waals surface area (Å²) in [6.45, 7) is 4.55. The number of para-hydroxylation sites is 1. The van der Waals surface area contributed by atoms with Gasteiger partial charge in [-0.1, -0.05) is 25.1 Å².